The maximum atomic E-state index is 11.9. The standard InChI is InChI=1S/C11H17N3O2/c1-14(7-4-8-16-2)11(15)9-5-3-6-10(12)13-9/h3,5-6H,4,7-8H2,1-2H3,(H2,12,13). The van der Waals surface area contributed by atoms with Crippen molar-refractivity contribution in [2.24, 2.45) is 0 Å². The first-order chi connectivity index (χ1) is 7.65. The van der Waals surface area contributed by atoms with Crippen molar-refractivity contribution in [3.8, 4) is 0 Å². The molecule has 0 aliphatic carbocycles. The molecular formula is C11H17N3O2. The van der Waals surface area contributed by atoms with E-state index in [-0.39, 0.29) is 5.91 Å². The van der Waals surface area contributed by atoms with Crippen molar-refractivity contribution in [1.29, 1.82) is 0 Å². The van der Waals surface area contributed by atoms with E-state index in [0.29, 0.717) is 24.7 Å². The number of nitrogen functional groups attached to an aromatic ring is 1. The van der Waals surface area contributed by atoms with Crippen molar-refractivity contribution in [1.82, 2.24) is 9.88 Å². The molecule has 1 heterocycles. The van der Waals surface area contributed by atoms with Gasteiger partial charge in [-0.2, -0.15) is 0 Å². The maximum Gasteiger partial charge on any atom is 0.272 e. The lowest BCUT2D eigenvalue weighted by Gasteiger charge is -2.16. The normalized spacial score (nSPS) is 10.1. The van der Waals surface area contributed by atoms with Crippen LogP contribution in [0, 0.1) is 0 Å². The highest BCUT2D eigenvalue weighted by molar-refractivity contribution is 5.92. The van der Waals surface area contributed by atoms with Gasteiger partial charge >= 0.3 is 0 Å². The summed E-state index contributed by atoms with van der Waals surface area (Å²) in [6, 6.07) is 5.03. The van der Waals surface area contributed by atoms with Gasteiger partial charge in [0, 0.05) is 27.3 Å². The Kier molecular flexibility index (Phi) is 4.72. The van der Waals surface area contributed by atoms with Crippen LogP contribution in [0.4, 0.5) is 5.82 Å². The fourth-order valence-electron chi connectivity index (χ4n) is 1.31. The molecular weight excluding hydrogens is 206 g/mol. The lowest BCUT2D eigenvalue weighted by molar-refractivity contribution is 0.0774. The zero-order valence-corrected chi connectivity index (χ0v) is 9.64. The van der Waals surface area contributed by atoms with Gasteiger partial charge in [-0.3, -0.25) is 4.79 Å². The second kappa shape index (κ2) is 6.07. The van der Waals surface area contributed by atoms with Crippen LogP contribution in [0.2, 0.25) is 0 Å². The number of anilines is 1. The highest BCUT2D eigenvalue weighted by atomic mass is 16.5. The fourth-order valence-corrected chi connectivity index (χ4v) is 1.31. The van der Waals surface area contributed by atoms with Gasteiger partial charge in [0.25, 0.3) is 5.91 Å². The third-order valence-corrected chi connectivity index (χ3v) is 2.18. The summed E-state index contributed by atoms with van der Waals surface area (Å²) in [4.78, 5) is 17.4. The summed E-state index contributed by atoms with van der Waals surface area (Å²) in [5.74, 6) is 0.236. The summed E-state index contributed by atoms with van der Waals surface area (Å²) in [7, 11) is 3.38. The SMILES string of the molecule is COCCCN(C)C(=O)c1cccc(N)n1. The van der Waals surface area contributed by atoms with Gasteiger partial charge in [-0.05, 0) is 18.6 Å². The van der Waals surface area contributed by atoms with Gasteiger partial charge in [-0.25, -0.2) is 4.98 Å². The number of ether oxygens (including phenoxy) is 1. The number of carbonyl (C=O) groups is 1. The molecule has 88 valence electrons. The Morgan fingerprint density at radius 3 is 2.94 bits per heavy atom. The third-order valence-electron chi connectivity index (χ3n) is 2.18. The molecule has 0 atom stereocenters. The summed E-state index contributed by atoms with van der Waals surface area (Å²) in [6.45, 7) is 1.28. The van der Waals surface area contributed by atoms with Crippen LogP contribution >= 0.6 is 0 Å². The van der Waals surface area contributed by atoms with Gasteiger partial charge in [0.15, 0.2) is 0 Å². The molecule has 0 fully saturated rings. The number of amides is 1. The molecule has 16 heavy (non-hydrogen) atoms. The maximum absolute atomic E-state index is 11.9. The molecule has 0 aliphatic rings. The van der Waals surface area contributed by atoms with Crippen molar-refractivity contribution < 1.29 is 9.53 Å². The second-order valence-corrected chi connectivity index (χ2v) is 3.52. The molecule has 0 bridgehead atoms. The first-order valence-corrected chi connectivity index (χ1v) is 5.12. The average Bonchev–Trinajstić information content (AvgIpc) is 2.28. The van der Waals surface area contributed by atoms with Gasteiger partial charge in [0.1, 0.15) is 11.5 Å². The zero-order valence-electron chi connectivity index (χ0n) is 9.64. The van der Waals surface area contributed by atoms with E-state index in [0.717, 1.165) is 6.42 Å². The van der Waals surface area contributed by atoms with Crippen molar-refractivity contribution in [3.63, 3.8) is 0 Å². The lowest BCUT2D eigenvalue weighted by atomic mass is 10.3. The molecule has 0 saturated heterocycles. The molecule has 0 saturated carbocycles. The molecule has 1 aromatic rings. The molecule has 2 N–H and O–H groups in total. The summed E-state index contributed by atoms with van der Waals surface area (Å²) in [5, 5.41) is 0. The number of hydrogen-bond donors (Lipinski definition) is 1. The number of hydrogen-bond acceptors (Lipinski definition) is 4. The zero-order chi connectivity index (χ0) is 12.0. The quantitative estimate of drug-likeness (QED) is 0.749. The van der Waals surface area contributed by atoms with Crippen LogP contribution in [-0.4, -0.2) is 43.1 Å². The molecule has 5 heteroatoms. The highest BCUT2D eigenvalue weighted by Gasteiger charge is 2.12. The molecule has 0 aromatic carbocycles. The predicted molar refractivity (Wildman–Crippen MR) is 62.1 cm³/mol. The molecule has 1 aromatic heterocycles. The Morgan fingerprint density at radius 2 is 2.31 bits per heavy atom. The van der Waals surface area contributed by atoms with Crippen LogP contribution < -0.4 is 5.73 Å². The average molecular weight is 223 g/mol. The number of nitrogens with two attached hydrogens (primary N) is 1. The molecule has 0 aliphatic heterocycles. The lowest BCUT2D eigenvalue weighted by Crippen LogP contribution is -2.29. The van der Waals surface area contributed by atoms with Crippen LogP contribution in [0.5, 0.6) is 0 Å². The van der Waals surface area contributed by atoms with E-state index in [9.17, 15) is 4.79 Å². The molecule has 0 unspecified atom stereocenters. The Morgan fingerprint density at radius 1 is 1.56 bits per heavy atom. The number of carbonyl (C=O) groups excluding carboxylic acids is 1. The molecule has 0 spiro atoms. The van der Waals surface area contributed by atoms with E-state index in [2.05, 4.69) is 4.98 Å². The van der Waals surface area contributed by atoms with E-state index in [1.165, 1.54) is 0 Å². The predicted octanol–water partition coefficient (Wildman–Crippen LogP) is 0.772. The molecule has 1 rings (SSSR count). The van der Waals surface area contributed by atoms with Crippen molar-refractivity contribution in [2.75, 3.05) is 33.0 Å². The topological polar surface area (TPSA) is 68.5 Å². The minimum atomic E-state index is -0.122. The van der Waals surface area contributed by atoms with Crippen molar-refractivity contribution >= 4 is 11.7 Å². The van der Waals surface area contributed by atoms with Crippen LogP contribution in [0.1, 0.15) is 16.9 Å². The van der Waals surface area contributed by atoms with Gasteiger partial charge in [0.2, 0.25) is 0 Å². The Labute approximate surface area is 95.2 Å². The first-order valence-electron chi connectivity index (χ1n) is 5.12. The first kappa shape index (κ1) is 12.4. The summed E-state index contributed by atoms with van der Waals surface area (Å²) < 4.78 is 4.92. The fraction of sp³-hybridized carbons (Fsp3) is 0.455. The Hall–Kier alpha value is -1.62. The Bertz CT molecular complexity index is 355. The van der Waals surface area contributed by atoms with E-state index in [1.54, 1.807) is 37.3 Å². The number of aromatic nitrogens is 1. The van der Waals surface area contributed by atoms with E-state index < -0.39 is 0 Å². The van der Waals surface area contributed by atoms with Crippen molar-refractivity contribution in [2.45, 2.75) is 6.42 Å². The number of rotatable bonds is 5. The van der Waals surface area contributed by atoms with E-state index in [4.69, 9.17) is 10.5 Å². The second-order valence-electron chi connectivity index (χ2n) is 3.52. The molecule has 1 amide bonds. The van der Waals surface area contributed by atoms with Gasteiger partial charge < -0.3 is 15.4 Å². The van der Waals surface area contributed by atoms with Gasteiger partial charge in [-0.15, -0.1) is 0 Å². The smallest absolute Gasteiger partial charge is 0.272 e. The largest absolute Gasteiger partial charge is 0.385 e. The van der Waals surface area contributed by atoms with E-state index in [1.807, 2.05) is 0 Å². The van der Waals surface area contributed by atoms with Crippen LogP contribution in [-0.2, 0) is 4.74 Å². The van der Waals surface area contributed by atoms with Crippen LogP contribution in [0.15, 0.2) is 18.2 Å². The molecule has 0 radical (unpaired) electrons. The number of methoxy groups -OCH3 is 1. The number of nitrogens with zero attached hydrogens (tertiary/aromatic N) is 2. The number of pyridine rings is 1. The van der Waals surface area contributed by atoms with Crippen molar-refractivity contribution in [3.05, 3.63) is 23.9 Å². The summed E-state index contributed by atoms with van der Waals surface area (Å²) in [5.41, 5.74) is 5.89. The highest BCUT2D eigenvalue weighted by Crippen LogP contribution is 2.04. The van der Waals surface area contributed by atoms with Crippen LogP contribution in [0.25, 0.3) is 0 Å². The third kappa shape index (κ3) is 3.51. The minimum Gasteiger partial charge on any atom is -0.385 e. The van der Waals surface area contributed by atoms with E-state index >= 15 is 0 Å². The minimum absolute atomic E-state index is 0.122. The summed E-state index contributed by atoms with van der Waals surface area (Å²) >= 11 is 0. The summed E-state index contributed by atoms with van der Waals surface area (Å²) in [6.07, 6.45) is 0.807. The van der Waals surface area contributed by atoms with Crippen LogP contribution in [0.3, 0.4) is 0 Å². The molecule has 5 nitrogen and oxygen atoms in total. The monoisotopic (exact) mass is 223 g/mol. The van der Waals surface area contributed by atoms with Gasteiger partial charge in [-0.1, -0.05) is 6.07 Å². The Balaban J connectivity index is 2.56. The van der Waals surface area contributed by atoms with Gasteiger partial charge in [0.05, 0.1) is 0 Å².